The van der Waals surface area contributed by atoms with Crippen molar-refractivity contribution in [2.45, 2.75) is 23.8 Å². The summed E-state index contributed by atoms with van der Waals surface area (Å²) in [5.41, 5.74) is 0. The number of halogens is 1. The summed E-state index contributed by atoms with van der Waals surface area (Å²) in [5, 5.41) is 2.74. The zero-order valence-electron chi connectivity index (χ0n) is 10.8. The topological polar surface area (TPSA) is 63.2 Å². The minimum absolute atomic E-state index is 0.0455. The van der Waals surface area contributed by atoms with Gasteiger partial charge in [-0.2, -0.15) is 0 Å². The van der Waals surface area contributed by atoms with Crippen LogP contribution >= 0.6 is 11.8 Å². The lowest BCUT2D eigenvalue weighted by Gasteiger charge is -2.10. The van der Waals surface area contributed by atoms with Crippen molar-refractivity contribution in [3.8, 4) is 0 Å². The van der Waals surface area contributed by atoms with E-state index in [1.807, 2.05) is 0 Å². The molecule has 0 aromatic heterocycles. The van der Waals surface area contributed by atoms with Gasteiger partial charge in [0.1, 0.15) is 5.82 Å². The molecule has 1 saturated heterocycles. The van der Waals surface area contributed by atoms with E-state index < -0.39 is 9.84 Å². The van der Waals surface area contributed by atoms with Crippen molar-refractivity contribution in [3.63, 3.8) is 0 Å². The van der Waals surface area contributed by atoms with Gasteiger partial charge in [-0.1, -0.05) is 0 Å². The molecule has 1 atom stereocenters. The fourth-order valence-corrected chi connectivity index (χ4v) is 4.53. The van der Waals surface area contributed by atoms with E-state index in [1.54, 1.807) is 12.1 Å². The molecule has 1 N–H and O–H groups in total. The second-order valence-corrected chi connectivity index (χ2v) is 8.12. The third-order valence-corrected chi connectivity index (χ3v) is 5.79. The van der Waals surface area contributed by atoms with Crippen LogP contribution in [-0.2, 0) is 14.6 Å². The molecule has 0 aliphatic carbocycles. The van der Waals surface area contributed by atoms with E-state index in [4.69, 9.17) is 0 Å². The van der Waals surface area contributed by atoms with Crippen LogP contribution in [0.3, 0.4) is 0 Å². The highest BCUT2D eigenvalue weighted by Gasteiger charge is 2.28. The van der Waals surface area contributed by atoms with Gasteiger partial charge in [0.25, 0.3) is 0 Å². The van der Waals surface area contributed by atoms with Crippen LogP contribution < -0.4 is 5.32 Å². The first-order chi connectivity index (χ1) is 9.44. The number of thioether (sulfide) groups is 1. The van der Waals surface area contributed by atoms with Gasteiger partial charge in [-0.15, -0.1) is 11.8 Å². The highest BCUT2D eigenvalue weighted by Crippen LogP contribution is 2.19. The van der Waals surface area contributed by atoms with Crippen molar-refractivity contribution in [3.05, 3.63) is 30.1 Å². The zero-order valence-corrected chi connectivity index (χ0v) is 12.5. The number of benzene rings is 1. The minimum atomic E-state index is -2.96. The largest absolute Gasteiger partial charge is 0.352 e. The lowest BCUT2D eigenvalue weighted by molar-refractivity contribution is -0.121. The minimum Gasteiger partial charge on any atom is -0.352 e. The third kappa shape index (κ3) is 4.79. The van der Waals surface area contributed by atoms with Crippen molar-refractivity contribution in [2.75, 3.05) is 17.3 Å². The molecule has 0 spiro atoms. The average molecular weight is 317 g/mol. The van der Waals surface area contributed by atoms with Crippen LogP contribution in [-0.4, -0.2) is 37.6 Å². The van der Waals surface area contributed by atoms with Crippen LogP contribution in [0.1, 0.15) is 12.8 Å². The first-order valence-corrected chi connectivity index (χ1v) is 9.13. The summed E-state index contributed by atoms with van der Waals surface area (Å²) in [4.78, 5) is 12.6. The molecule has 1 unspecified atom stereocenters. The quantitative estimate of drug-likeness (QED) is 0.838. The maximum Gasteiger partial charge on any atom is 0.221 e. The Morgan fingerprint density at radius 3 is 2.65 bits per heavy atom. The number of amides is 1. The molecule has 110 valence electrons. The van der Waals surface area contributed by atoms with E-state index >= 15 is 0 Å². The Kier molecular flexibility index (Phi) is 5.04. The Balaban J connectivity index is 1.69. The molecule has 1 aromatic carbocycles. The summed E-state index contributed by atoms with van der Waals surface area (Å²) in [6, 6.07) is 5.85. The van der Waals surface area contributed by atoms with E-state index in [2.05, 4.69) is 5.32 Å². The van der Waals surface area contributed by atoms with Gasteiger partial charge in [-0.3, -0.25) is 4.79 Å². The van der Waals surface area contributed by atoms with E-state index in [1.165, 1.54) is 23.9 Å². The van der Waals surface area contributed by atoms with Gasteiger partial charge in [0.15, 0.2) is 9.84 Å². The normalized spacial score (nSPS) is 20.8. The highest BCUT2D eigenvalue weighted by molar-refractivity contribution is 7.99. The van der Waals surface area contributed by atoms with Crippen LogP contribution in [0.25, 0.3) is 0 Å². The molecule has 20 heavy (non-hydrogen) atoms. The van der Waals surface area contributed by atoms with E-state index in [0.717, 1.165) is 4.90 Å². The van der Waals surface area contributed by atoms with Gasteiger partial charge in [0.05, 0.1) is 11.5 Å². The summed E-state index contributed by atoms with van der Waals surface area (Å²) in [6.45, 7) is 0. The summed E-state index contributed by atoms with van der Waals surface area (Å²) in [6.07, 6.45) is 0.817. The molecule has 1 aromatic rings. The fraction of sp³-hybridized carbons (Fsp3) is 0.462. The maximum absolute atomic E-state index is 12.7. The van der Waals surface area contributed by atoms with Crippen molar-refractivity contribution < 1.29 is 17.6 Å². The van der Waals surface area contributed by atoms with Gasteiger partial charge in [-0.25, -0.2) is 12.8 Å². The molecule has 0 radical (unpaired) electrons. The Morgan fingerprint density at radius 1 is 1.35 bits per heavy atom. The molecular formula is C13H16FNO3S2. The predicted molar refractivity (Wildman–Crippen MR) is 76.9 cm³/mol. The van der Waals surface area contributed by atoms with Crippen LogP contribution in [0, 0.1) is 5.82 Å². The number of hydrogen-bond acceptors (Lipinski definition) is 4. The number of sulfone groups is 1. The third-order valence-electron chi connectivity index (χ3n) is 3.01. The molecule has 1 amide bonds. The molecule has 1 heterocycles. The molecule has 1 aliphatic rings. The molecule has 0 saturated carbocycles. The Hall–Kier alpha value is -1.08. The lowest BCUT2D eigenvalue weighted by atomic mass is 10.2. The SMILES string of the molecule is O=C(CCSc1ccc(F)cc1)NC1CCS(=O)(=O)C1. The molecular weight excluding hydrogens is 301 g/mol. The molecule has 4 nitrogen and oxygen atoms in total. The van der Waals surface area contributed by atoms with Crippen LogP contribution in [0.15, 0.2) is 29.2 Å². The van der Waals surface area contributed by atoms with Crippen molar-refractivity contribution in [2.24, 2.45) is 0 Å². The summed E-state index contributed by atoms with van der Waals surface area (Å²) in [5.74, 6) is 0.361. The average Bonchev–Trinajstić information content (AvgIpc) is 2.71. The van der Waals surface area contributed by atoms with Gasteiger partial charge < -0.3 is 5.32 Å². The Bertz CT molecular complexity index is 572. The molecule has 1 fully saturated rings. The summed E-state index contributed by atoms with van der Waals surface area (Å²) >= 11 is 1.47. The van der Waals surface area contributed by atoms with Crippen LogP contribution in [0.2, 0.25) is 0 Å². The number of rotatable bonds is 5. The summed E-state index contributed by atoms with van der Waals surface area (Å²) in [7, 11) is -2.96. The monoisotopic (exact) mass is 317 g/mol. The fourth-order valence-electron chi connectivity index (χ4n) is 2.00. The lowest BCUT2D eigenvalue weighted by Crippen LogP contribution is -2.35. The molecule has 0 bridgehead atoms. The smallest absolute Gasteiger partial charge is 0.221 e. The Labute approximate surface area is 122 Å². The molecule has 7 heteroatoms. The van der Waals surface area contributed by atoms with E-state index in [9.17, 15) is 17.6 Å². The predicted octanol–water partition coefficient (Wildman–Crippen LogP) is 1.61. The maximum atomic E-state index is 12.7. The van der Waals surface area contributed by atoms with Gasteiger partial charge in [-0.05, 0) is 30.7 Å². The van der Waals surface area contributed by atoms with E-state index in [0.29, 0.717) is 18.6 Å². The first-order valence-electron chi connectivity index (χ1n) is 6.33. The van der Waals surface area contributed by atoms with E-state index in [-0.39, 0.29) is 29.3 Å². The highest BCUT2D eigenvalue weighted by atomic mass is 32.2. The molecule has 1 aliphatic heterocycles. The van der Waals surface area contributed by atoms with Gasteiger partial charge in [0.2, 0.25) is 5.91 Å². The number of carbonyl (C=O) groups is 1. The van der Waals surface area contributed by atoms with Crippen LogP contribution in [0.5, 0.6) is 0 Å². The Morgan fingerprint density at radius 2 is 2.05 bits per heavy atom. The van der Waals surface area contributed by atoms with Crippen molar-refractivity contribution >= 4 is 27.5 Å². The second-order valence-electron chi connectivity index (χ2n) is 4.72. The summed E-state index contributed by atoms with van der Waals surface area (Å²) < 4.78 is 35.2. The van der Waals surface area contributed by atoms with Crippen molar-refractivity contribution in [1.82, 2.24) is 5.32 Å². The number of hydrogen-bond donors (Lipinski definition) is 1. The van der Waals surface area contributed by atoms with Gasteiger partial charge >= 0.3 is 0 Å². The van der Waals surface area contributed by atoms with Crippen molar-refractivity contribution in [1.29, 1.82) is 0 Å². The van der Waals surface area contributed by atoms with Gasteiger partial charge in [0, 0.05) is 23.1 Å². The number of nitrogens with one attached hydrogen (secondary N) is 1. The van der Waals surface area contributed by atoms with Crippen LogP contribution in [0.4, 0.5) is 4.39 Å². The second kappa shape index (κ2) is 6.58. The zero-order chi connectivity index (χ0) is 14.6. The standard InChI is InChI=1S/C13H16FNO3S2/c14-10-1-3-12(4-2-10)19-7-5-13(16)15-11-6-8-20(17,18)9-11/h1-4,11H,5-9H2,(H,15,16). The number of carbonyl (C=O) groups excluding carboxylic acids is 1. The first kappa shape index (κ1) is 15.3. The molecule has 2 rings (SSSR count).